The molecule has 2 aromatic rings. The maximum Gasteiger partial charge on any atom is 0.124 e. The van der Waals surface area contributed by atoms with Crippen LogP contribution in [-0.4, -0.2) is 17.4 Å². The summed E-state index contributed by atoms with van der Waals surface area (Å²) in [6.45, 7) is 2.17. The molecule has 0 saturated heterocycles. The number of hydrogen-bond donors (Lipinski definition) is 1. The SMILES string of the molecule is C[C@@H](N=Cc1cc(N=Nc2ccccc2)ccc1O)C1CCCCC1. The molecule has 1 N–H and O–H groups in total. The second-order valence-corrected chi connectivity index (χ2v) is 6.70. The lowest BCUT2D eigenvalue weighted by Gasteiger charge is -2.24. The molecule has 1 fully saturated rings. The van der Waals surface area contributed by atoms with E-state index >= 15 is 0 Å². The number of rotatable bonds is 5. The molecule has 0 spiro atoms. The molecular formula is C21H25N3O. The summed E-state index contributed by atoms with van der Waals surface area (Å²) >= 11 is 0. The van der Waals surface area contributed by atoms with Crippen molar-refractivity contribution in [1.29, 1.82) is 0 Å². The second-order valence-electron chi connectivity index (χ2n) is 6.70. The van der Waals surface area contributed by atoms with Crippen LogP contribution in [0.4, 0.5) is 11.4 Å². The zero-order valence-electron chi connectivity index (χ0n) is 14.7. The lowest BCUT2D eigenvalue weighted by atomic mass is 9.85. The first-order valence-electron chi connectivity index (χ1n) is 9.05. The Morgan fingerprint density at radius 2 is 1.68 bits per heavy atom. The third-order valence-corrected chi connectivity index (χ3v) is 4.83. The highest BCUT2D eigenvalue weighted by Crippen LogP contribution is 2.28. The Balaban J connectivity index is 1.70. The topological polar surface area (TPSA) is 57.3 Å². The number of aromatic hydroxyl groups is 1. The summed E-state index contributed by atoms with van der Waals surface area (Å²) in [4.78, 5) is 4.68. The molecule has 0 unspecified atom stereocenters. The zero-order chi connectivity index (χ0) is 17.5. The van der Waals surface area contributed by atoms with Gasteiger partial charge >= 0.3 is 0 Å². The molecule has 0 radical (unpaired) electrons. The van der Waals surface area contributed by atoms with Crippen molar-refractivity contribution in [2.45, 2.75) is 45.1 Å². The average Bonchev–Trinajstić information content (AvgIpc) is 2.67. The number of phenols is 1. The van der Waals surface area contributed by atoms with E-state index in [1.807, 2.05) is 36.4 Å². The Kier molecular flexibility index (Phi) is 5.94. The number of nitrogens with zero attached hydrogens (tertiary/aromatic N) is 3. The van der Waals surface area contributed by atoms with E-state index in [1.54, 1.807) is 18.3 Å². The number of aliphatic imine (C=N–C) groups is 1. The van der Waals surface area contributed by atoms with Gasteiger partial charge in [0.15, 0.2) is 0 Å². The van der Waals surface area contributed by atoms with Gasteiger partial charge in [0.05, 0.1) is 11.4 Å². The molecule has 1 atom stereocenters. The Morgan fingerprint density at radius 1 is 0.960 bits per heavy atom. The summed E-state index contributed by atoms with van der Waals surface area (Å²) in [5, 5.41) is 18.5. The first-order chi connectivity index (χ1) is 12.2. The van der Waals surface area contributed by atoms with Crippen LogP contribution in [0.3, 0.4) is 0 Å². The standard InChI is InChI=1S/C21H25N3O/c1-16(17-8-4-2-5-9-17)22-15-18-14-20(12-13-21(18)25)24-23-19-10-6-3-7-11-19/h3,6-7,10-17,25H,2,4-5,8-9H2,1H3/t16-/m1/s1. The maximum atomic E-state index is 10.1. The molecule has 2 aromatic carbocycles. The summed E-state index contributed by atoms with van der Waals surface area (Å²) in [6, 6.07) is 15.1. The summed E-state index contributed by atoms with van der Waals surface area (Å²) in [5.41, 5.74) is 2.19. The third-order valence-electron chi connectivity index (χ3n) is 4.83. The largest absolute Gasteiger partial charge is 0.507 e. The van der Waals surface area contributed by atoms with Gasteiger partial charge in [-0.1, -0.05) is 37.5 Å². The minimum Gasteiger partial charge on any atom is -0.507 e. The minimum atomic E-state index is 0.221. The average molecular weight is 335 g/mol. The summed E-state index contributed by atoms with van der Waals surface area (Å²) in [7, 11) is 0. The van der Waals surface area contributed by atoms with Gasteiger partial charge in [0.2, 0.25) is 0 Å². The van der Waals surface area contributed by atoms with E-state index in [0.717, 1.165) is 5.69 Å². The fourth-order valence-electron chi connectivity index (χ4n) is 3.25. The van der Waals surface area contributed by atoms with Crippen molar-refractivity contribution in [3.63, 3.8) is 0 Å². The van der Waals surface area contributed by atoms with Gasteiger partial charge in [-0.2, -0.15) is 10.2 Å². The van der Waals surface area contributed by atoms with Crippen LogP contribution in [0.2, 0.25) is 0 Å². The highest BCUT2D eigenvalue weighted by Gasteiger charge is 2.18. The number of hydrogen-bond acceptors (Lipinski definition) is 4. The lowest BCUT2D eigenvalue weighted by molar-refractivity contribution is 0.318. The molecule has 4 heteroatoms. The molecular weight excluding hydrogens is 310 g/mol. The van der Waals surface area contributed by atoms with Gasteiger partial charge in [0, 0.05) is 17.8 Å². The molecule has 3 rings (SSSR count). The Morgan fingerprint density at radius 3 is 2.44 bits per heavy atom. The van der Waals surface area contributed by atoms with Crippen molar-refractivity contribution in [2.75, 3.05) is 0 Å². The molecule has 0 aliphatic heterocycles. The van der Waals surface area contributed by atoms with Gasteiger partial charge in [0.1, 0.15) is 5.75 Å². The van der Waals surface area contributed by atoms with Crippen LogP contribution in [0.25, 0.3) is 0 Å². The van der Waals surface area contributed by atoms with Crippen molar-refractivity contribution in [3.05, 3.63) is 54.1 Å². The van der Waals surface area contributed by atoms with E-state index in [-0.39, 0.29) is 11.8 Å². The van der Waals surface area contributed by atoms with Gasteiger partial charge < -0.3 is 5.11 Å². The van der Waals surface area contributed by atoms with Crippen molar-refractivity contribution >= 4 is 17.6 Å². The van der Waals surface area contributed by atoms with Gasteiger partial charge in [0.25, 0.3) is 0 Å². The maximum absolute atomic E-state index is 10.1. The summed E-state index contributed by atoms with van der Waals surface area (Å²) < 4.78 is 0. The molecule has 0 bridgehead atoms. The van der Waals surface area contributed by atoms with E-state index in [4.69, 9.17) is 0 Å². The molecule has 1 saturated carbocycles. The predicted molar refractivity (Wildman–Crippen MR) is 102 cm³/mol. The van der Waals surface area contributed by atoms with E-state index in [9.17, 15) is 5.11 Å². The van der Waals surface area contributed by atoms with Gasteiger partial charge in [-0.3, -0.25) is 4.99 Å². The van der Waals surface area contributed by atoms with Crippen LogP contribution in [0.15, 0.2) is 63.8 Å². The van der Waals surface area contributed by atoms with Crippen molar-refractivity contribution < 1.29 is 5.11 Å². The molecule has 0 aromatic heterocycles. The Labute approximate surface area is 149 Å². The smallest absolute Gasteiger partial charge is 0.124 e. The van der Waals surface area contributed by atoms with Crippen molar-refractivity contribution in [2.24, 2.45) is 21.1 Å². The number of azo groups is 1. The van der Waals surface area contributed by atoms with Crippen LogP contribution in [0, 0.1) is 5.92 Å². The van der Waals surface area contributed by atoms with Crippen LogP contribution in [-0.2, 0) is 0 Å². The second kappa shape index (κ2) is 8.56. The molecule has 0 heterocycles. The molecule has 0 amide bonds. The molecule has 1 aliphatic carbocycles. The monoisotopic (exact) mass is 335 g/mol. The lowest BCUT2D eigenvalue weighted by Crippen LogP contribution is -2.18. The predicted octanol–water partition coefficient (Wildman–Crippen LogP) is 6.20. The quantitative estimate of drug-likeness (QED) is 0.513. The third kappa shape index (κ3) is 4.99. The Hall–Kier alpha value is -2.49. The van der Waals surface area contributed by atoms with Gasteiger partial charge in [-0.05, 0) is 56.0 Å². The number of benzene rings is 2. The van der Waals surface area contributed by atoms with Gasteiger partial charge in [-0.15, -0.1) is 0 Å². The summed E-state index contributed by atoms with van der Waals surface area (Å²) in [5.74, 6) is 0.881. The fourth-order valence-corrected chi connectivity index (χ4v) is 3.25. The molecule has 1 aliphatic rings. The minimum absolute atomic E-state index is 0.221. The van der Waals surface area contributed by atoms with Gasteiger partial charge in [-0.25, -0.2) is 0 Å². The van der Waals surface area contributed by atoms with Crippen LogP contribution >= 0.6 is 0 Å². The highest BCUT2D eigenvalue weighted by atomic mass is 16.3. The van der Waals surface area contributed by atoms with Crippen molar-refractivity contribution in [1.82, 2.24) is 0 Å². The number of phenolic OH excluding ortho intramolecular Hbond substituents is 1. The Bertz CT molecular complexity index is 734. The van der Waals surface area contributed by atoms with Crippen LogP contribution in [0.1, 0.15) is 44.6 Å². The van der Waals surface area contributed by atoms with E-state index in [2.05, 4.69) is 22.1 Å². The van der Waals surface area contributed by atoms with Crippen LogP contribution in [0.5, 0.6) is 5.75 Å². The highest BCUT2D eigenvalue weighted by molar-refractivity contribution is 5.84. The first kappa shape index (κ1) is 17.3. The molecule has 25 heavy (non-hydrogen) atoms. The first-order valence-corrected chi connectivity index (χ1v) is 9.05. The normalized spacial score (nSPS) is 17.3. The van der Waals surface area contributed by atoms with E-state index < -0.39 is 0 Å². The van der Waals surface area contributed by atoms with Crippen LogP contribution < -0.4 is 0 Å². The van der Waals surface area contributed by atoms with E-state index in [0.29, 0.717) is 17.2 Å². The summed E-state index contributed by atoms with van der Waals surface area (Å²) in [6.07, 6.45) is 8.26. The molecule has 4 nitrogen and oxygen atoms in total. The molecule has 130 valence electrons. The van der Waals surface area contributed by atoms with E-state index in [1.165, 1.54) is 32.1 Å². The van der Waals surface area contributed by atoms with Crippen molar-refractivity contribution in [3.8, 4) is 5.75 Å². The fraction of sp³-hybridized carbons (Fsp3) is 0.381. The zero-order valence-corrected chi connectivity index (χ0v) is 14.7.